The van der Waals surface area contributed by atoms with Gasteiger partial charge in [0.2, 0.25) is 0 Å². The third-order valence-corrected chi connectivity index (χ3v) is 5.24. The van der Waals surface area contributed by atoms with Crippen molar-refractivity contribution < 1.29 is 4.79 Å². The lowest BCUT2D eigenvalue weighted by Crippen LogP contribution is -2.45. The van der Waals surface area contributed by atoms with E-state index in [1.165, 1.54) is 12.0 Å². The van der Waals surface area contributed by atoms with Crippen molar-refractivity contribution in [3.63, 3.8) is 0 Å². The van der Waals surface area contributed by atoms with Crippen molar-refractivity contribution in [3.05, 3.63) is 83.7 Å². The average molecular weight is 346 g/mol. The zero-order valence-electron chi connectivity index (χ0n) is 14.6. The van der Waals surface area contributed by atoms with E-state index in [-0.39, 0.29) is 11.3 Å². The van der Waals surface area contributed by atoms with E-state index in [1.807, 2.05) is 36.4 Å². The number of rotatable bonds is 6. The van der Waals surface area contributed by atoms with Crippen LogP contribution < -0.4 is 5.32 Å². The number of benzene rings is 2. The van der Waals surface area contributed by atoms with Crippen LogP contribution in [0.25, 0.3) is 0 Å². The lowest BCUT2D eigenvalue weighted by Gasteiger charge is -2.42. The number of nitrogens with zero attached hydrogens (tertiary/aromatic N) is 3. The second-order valence-electron chi connectivity index (χ2n) is 6.97. The van der Waals surface area contributed by atoms with E-state index in [4.69, 9.17) is 0 Å². The maximum Gasteiger partial charge on any atom is 0.273 e. The zero-order chi connectivity index (χ0) is 17.8. The van der Waals surface area contributed by atoms with Gasteiger partial charge in [0.1, 0.15) is 0 Å². The van der Waals surface area contributed by atoms with Crippen LogP contribution in [-0.2, 0) is 12.0 Å². The summed E-state index contributed by atoms with van der Waals surface area (Å²) in [6, 6.07) is 20.5. The molecule has 1 aromatic heterocycles. The van der Waals surface area contributed by atoms with Gasteiger partial charge in [-0.2, -0.15) is 0 Å². The number of amides is 1. The fraction of sp³-hybridized carbons (Fsp3) is 0.286. The van der Waals surface area contributed by atoms with Crippen LogP contribution in [0.3, 0.4) is 0 Å². The minimum absolute atomic E-state index is 0.0664. The number of carbonyl (C=O) groups is 1. The highest BCUT2D eigenvalue weighted by Gasteiger charge is 2.38. The van der Waals surface area contributed by atoms with E-state index in [9.17, 15) is 4.79 Å². The predicted molar refractivity (Wildman–Crippen MR) is 99.9 cm³/mol. The first-order chi connectivity index (χ1) is 12.8. The van der Waals surface area contributed by atoms with Crippen LogP contribution in [0.5, 0.6) is 0 Å². The Morgan fingerprint density at radius 1 is 1.04 bits per heavy atom. The third kappa shape index (κ3) is 3.38. The van der Waals surface area contributed by atoms with E-state index in [2.05, 4.69) is 39.9 Å². The minimum Gasteiger partial charge on any atom is -0.350 e. The zero-order valence-corrected chi connectivity index (χ0v) is 14.6. The van der Waals surface area contributed by atoms with Crippen molar-refractivity contribution >= 4 is 5.91 Å². The number of hydrogen-bond donors (Lipinski definition) is 1. The second-order valence-corrected chi connectivity index (χ2v) is 6.97. The van der Waals surface area contributed by atoms with Crippen molar-refractivity contribution in [2.45, 2.75) is 31.2 Å². The summed E-state index contributed by atoms with van der Waals surface area (Å²) in [5.41, 5.74) is 2.86. The molecule has 5 nitrogen and oxygen atoms in total. The van der Waals surface area contributed by atoms with Crippen molar-refractivity contribution in [2.75, 3.05) is 6.54 Å². The van der Waals surface area contributed by atoms with Gasteiger partial charge in [0, 0.05) is 12.0 Å². The molecule has 132 valence electrons. The van der Waals surface area contributed by atoms with Gasteiger partial charge in [-0.1, -0.05) is 72.3 Å². The molecule has 1 aliphatic carbocycles. The molecule has 0 bridgehead atoms. The lowest BCUT2D eigenvalue weighted by molar-refractivity contribution is 0.0922. The summed E-state index contributed by atoms with van der Waals surface area (Å²) in [5, 5.41) is 11.2. The molecule has 1 N–H and O–H groups in total. The van der Waals surface area contributed by atoms with Crippen LogP contribution in [0.1, 0.15) is 40.9 Å². The van der Waals surface area contributed by atoms with Gasteiger partial charge in [0.15, 0.2) is 5.69 Å². The standard InChI is InChI=1S/C21H22N4O/c26-20(19-15-25(24-23-19)14-17-8-3-1-4-9-17)22-16-21(12-7-13-21)18-10-5-2-6-11-18/h1-6,8-11,15H,7,12-14,16H2,(H,22,26). The monoisotopic (exact) mass is 346 g/mol. The summed E-state index contributed by atoms with van der Waals surface area (Å²) in [5.74, 6) is -0.161. The van der Waals surface area contributed by atoms with Gasteiger partial charge in [-0.25, -0.2) is 4.68 Å². The van der Waals surface area contributed by atoms with Crippen molar-refractivity contribution in [1.82, 2.24) is 20.3 Å². The van der Waals surface area contributed by atoms with Gasteiger partial charge in [-0.3, -0.25) is 4.79 Å². The highest BCUT2D eigenvalue weighted by molar-refractivity contribution is 5.91. The molecule has 5 heteroatoms. The Hall–Kier alpha value is -2.95. The van der Waals surface area contributed by atoms with E-state index in [0.29, 0.717) is 18.8 Å². The largest absolute Gasteiger partial charge is 0.350 e. The Kier molecular flexibility index (Phi) is 4.52. The molecule has 0 spiro atoms. The summed E-state index contributed by atoms with van der Waals surface area (Å²) in [4.78, 5) is 12.5. The van der Waals surface area contributed by atoms with Crippen molar-refractivity contribution in [1.29, 1.82) is 0 Å². The summed E-state index contributed by atoms with van der Waals surface area (Å²) >= 11 is 0. The highest BCUT2D eigenvalue weighted by Crippen LogP contribution is 2.43. The van der Waals surface area contributed by atoms with Gasteiger partial charge in [-0.05, 0) is 24.0 Å². The Balaban J connectivity index is 1.39. The van der Waals surface area contributed by atoms with Gasteiger partial charge in [0.05, 0.1) is 12.7 Å². The fourth-order valence-corrected chi connectivity index (χ4v) is 3.55. The first-order valence-corrected chi connectivity index (χ1v) is 9.03. The van der Waals surface area contributed by atoms with E-state index >= 15 is 0 Å². The van der Waals surface area contributed by atoms with Gasteiger partial charge in [0.25, 0.3) is 5.91 Å². The quantitative estimate of drug-likeness (QED) is 0.746. The van der Waals surface area contributed by atoms with E-state index in [0.717, 1.165) is 18.4 Å². The molecule has 0 unspecified atom stereocenters. The smallest absolute Gasteiger partial charge is 0.273 e. The van der Waals surface area contributed by atoms with Crippen LogP contribution in [0.15, 0.2) is 66.9 Å². The molecule has 2 aromatic carbocycles. The molecule has 1 fully saturated rings. The van der Waals surface area contributed by atoms with Gasteiger partial charge in [-0.15, -0.1) is 5.10 Å². The average Bonchev–Trinajstić information content (AvgIpc) is 3.11. The van der Waals surface area contributed by atoms with Crippen LogP contribution in [0.4, 0.5) is 0 Å². The fourth-order valence-electron chi connectivity index (χ4n) is 3.55. The molecular weight excluding hydrogens is 324 g/mol. The van der Waals surface area contributed by atoms with Crippen LogP contribution in [-0.4, -0.2) is 27.4 Å². The normalized spacial score (nSPS) is 15.2. The summed E-state index contributed by atoms with van der Waals surface area (Å²) in [6.07, 6.45) is 5.13. The van der Waals surface area contributed by atoms with Crippen molar-refractivity contribution in [3.8, 4) is 0 Å². The summed E-state index contributed by atoms with van der Waals surface area (Å²) in [7, 11) is 0. The first-order valence-electron chi connectivity index (χ1n) is 9.03. The number of carbonyl (C=O) groups excluding carboxylic acids is 1. The third-order valence-electron chi connectivity index (χ3n) is 5.24. The summed E-state index contributed by atoms with van der Waals surface area (Å²) in [6.45, 7) is 1.25. The van der Waals surface area contributed by atoms with Gasteiger partial charge < -0.3 is 5.32 Å². The Morgan fingerprint density at radius 3 is 2.38 bits per heavy atom. The molecule has 1 amide bonds. The SMILES string of the molecule is O=C(NCC1(c2ccccc2)CCC1)c1cn(Cc2ccccc2)nn1. The Labute approximate surface area is 153 Å². The molecule has 4 rings (SSSR count). The van der Waals surface area contributed by atoms with Crippen LogP contribution in [0.2, 0.25) is 0 Å². The molecule has 0 saturated heterocycles. The maximum absolute atomic E-state index is 12.5. The lowest BCUT2D eigenvalue weighted by atomic mass is 9.64. The number of nitrogens with one attached hydrogen (secondary N) is 1. The molecule has 3 aromatic rings. The molecule has 0 atom stereocenters. The molecular formula is C21H22N4O. The highest BCUT2D eigenvalue weighted by atomic mass is 16.2. The van der Waals surface area contributed by atoms with Gasteiger partial charge >= 0.3 is 0 Å². The summed E-state index contributed by atoms with van der Waals surface area (Å²) < 4.78 is 1.69. The second kappa shape index (κ2) is 7.12. The van der Waals surface area contributed by atoms with Crippen molar-refractivity contribution in [2.24, 2.45) is 0 Å². The Morgan fingerprint density at radius 2 is 1.73 bits per heavy atom. The minimum atomic E-state index is -0.161. The molecule has 1 saturated carbocycles. The van der Waals surface area contributed by atoms with E-state index < -0.39 is 0 Å². The molecule has 0 aliphatic heterocycles. The maximum atomic E-state index is 12.5. The molecule has 0 radical (unpaired) electrons. The number of aromatic nitrogens is 3. The van der Waals surface area contributed by atoms with E-state index in [1.54, 1.807) is 10.9 Å². The topological polar surface area (TPSA) is 59.8 Å². The van der Waals surface area contributed by atoms with Crippen LogP contribution >= 0.6 is 0 Å². The molecule has 1 aliphatic rings. The van der Waals surface area contributed by atoms with Crippen LogP contribution in [0, 0.1) is 0 Å². The number of hydrogen-bond acceptors (Lipinski definition) is 3. The Bertz CT molecular complexity index is 869. The molecule has 26 heavy (non-hydrogen) atoms. The first kappa shape index (κ1) is 16.5. The molecule has 1 heterocycles. The predicted octanol–water partition coefficient (Wildman–Crippen LogP) is 3.18.